The van der Waals surface area contributed by atoms with Crippen LogP contribution in [0.2, 0.25) is 0 Å². The quantitative estimate of drug-likeness (QED) is 0.431. The minimum atomic E-state index is -0.403. The van der Waals surface area contributed by atoms with Crippen molar-refractivity contribution in [2.24, 2.45) is 0 Å². The second-order valence-corrected chi connectivity index (χ2v) is 7.61. The standard InChI is InChI=1S/C23H25N3O3/c27-23(24-14-12-17-6-2-1-3-7-17)19-10-11-21(22(16-19)26(28)29)25-15-13-18-8-4-5-9-20(18)25/h4-6,8-11,16H,1-3,7,12-15H2,(H,24,27). The highest BCUT2D eigenvalue weighted by Gasteiger charge is 2.27. The van der Waals surface area contributed by atoms with Crippen molar-refractivity contribution in [3.05, 3.63) is 75.4 Å². The van der Waals surface area contributed by atoms with Crippen molar-refractivity contribution < 1.29 is 9.72 Å². The molecule has 0 atom stereocenters. The number of nitrogens with one attached hydrogen (secondary N) is 1. The van der Waals surface area contributed by atoms with Gasteiger partial charge in [0.1, 0.15) is 5.69 Å². The molecule has 0 fully saturated rings. The summed E-state index contributed by atoms with van der Waals surface area (Å²) in [4.78, 5) is 25.8. The van der Waals surface area contributed by atoms with Crippen molar-refractivity contribution in [2.45, 2.75) is 38.5 Å². The van der Waals surface area contributed by atoms with Crippen molar-refractivity contribution in [1.82, 2.24) is 5.32 Å². The van der Waals surface area contributed by atoms with E-state index in [-0.39, 0.29) is 11.6 Å². The second-order valence-electron chi connectivity index (χ2n) is 7.61. The fraction of sp³-hybridized carbons (Fsp3) is 0.348. The second kappa shape index (κ2) is 8.47. The monoisotopic (exact) mass is 391 g/mol. The van der Waals surface area contributed by atoms with E-state index in [9.17, 15) is 14.9 Å². The molecule has 0 saturated heterocycles. The van der Waals surface area contributed by atoms with Crippen LogP contribution in [-0.2, 0) is 6.42 Å². The summed E-state index contributed by atoms with van der Waals surface area (Å²) in [5.74, 6) is -0.266. The maximum absolute atomic E-state index is 12.5. The maximum Gasteiger partial charge on any atom is 0.293 e. The van der Waals surface area contributed by atoms with Gasteiger partial charge in [0, 0.05) is 30.4 Å². The molecule has 1 amide bonds. The number of benzene rings is 2. The molecule has 1 aliphatic heterocycles. The number of fused-ring (bicyclic) bond motifs is 1. The Labute approximate surface area is 170 Å². The predicted molar refractivity (Wildman–Crippen MR) is 114 cm³/mol. The minimum Gasteiger partial charge on any atom is -0.352 e. The molecule has 1 heterocycles. The summed E-state index contributed by atoms with van der Waals surface area (Å²) in [7, 11) is 0. The highest BCUT2D eigenvalue weighted by atomic mass is 16.6. The van der Waals surface area contributed by atoms with Crippen LogP contribution in [0.3, 0.4) is 0 Å². The van der Waals surface area contributed by atoms with E-state index in [1.54, 1.807) is 12.1 Å². The molecule has 0 aromatic heterocycles. The predicted octanol–water partition coefficient (Wildman–Crippen LogP) is 4.91. The topological polar surface area (TPSA) is 75.5 Å². The highest BCUT2D eigenvalue weighted by molar-refractivity contribution is 5.96. The first kappa shape index (κ1) is 19.2. The largest absolute Gasteiger partial charge is 0.352 e. The number of rotatable bonds is 6. The lowest BCUT2D eigenvalue weighted by Crippen LogP contribution is -2.25. The van der Waals surface area contributed by atoms with Crippen molar-refractivity contribution in [1.29, 1.82) is 0 Å². The van der Waals surface area contributed by atoms with E-state index in [1.807, 2.05) is 29.2 Å². The van der Waals surface area contributed by atoms with Gasteiger partial charge in [-0.2, -0.15) is 0 Å². The van der Waals surface area contributed by atoms with Crippen LogP contribution in [0.1, 0.15) is 48.0 Å². The zero-order chi connectivity index (χ0) is 20.2. The Kier molecular flexibility index (Phi) is 5.60. The Bertz CT molecular complexity index is 968. The number of amides is 1. The molecule has 150 valence electrons. The first-order chi connectivity index (χ1) is 14.1. The number of carbonyl (C=O) groups excluding carboxylic acids is 1. The van der Waals surface area contributed by atoms with E-state index in [1.165, 1.54) is 30.0 Å². The van der Waals surface area contributed by atoms with Crippen molar-refractivity contribution in [2.75, 3.05) is 18.0 Å². The average Bonchev–Trinajstić information content (AvgIpc) is 3.18. The molecule has 2 aliphatic rings. The van der Waals surface area contributed by atoms with Gasteiger partial charge in [-0.15, -0.1) is 0 Å². The number of nitrogens with zero attached hydrogens (tertiary/aromatic N) is 2. The summed E-state index contributed by atoms with van der Waals surface area (Å²) in [6, 6.07) is 12.7. The normalized spacial score (nSPS) is 15.6. The number of anilines is 2. The average molecular weight is 391 g/mol. The number of nitro benzene ring substituents is 1. The molecule has 0 unspecified atom stereocenters. The van der Waals surface area contributed by atoms with Gasteiger partial charge in [-0.3, -0.25) is 14.9 Å². The van der Waals surface area contributed by atoms with Gasteiger partial charge < -0.3 is 10.2 Å². The van der Waals surface area contributed by atoms with Crippen LogP contribution < -0.4 is 10.2 Å². The third-order valence-electron chi connectivity index (χ3n) is 5.73. The van der Waals surface area contributed by atoms with E-state index in [0.717, 1.165) is 31.4 Å². The van der Waals surface area contributed by atoms with Crippen LogP contribution in [0, 0.1) is 10.1 Å². The molecule has 6 nitrogen and oxygen atoms in total. The molecule has 1 N–H and O–H groups in total. The van der Waals surface area contributed by atoms with Crippen molar-refractivity contribution >= 4 is 23.0 Å². The molecule has 1 aliphatic carbocycles. The van der Waals surface area contributed by atoms with Gasteiger partial charge in [0.05, 0.1) is 4.92 Å². The van der Waals surface area contributed by atoms with Crippen LogP contribution in [0.5, 0.6) is 0 Å². The fourth-order valence-electron chi connectivity index (χ4n) is 4.20. The molecular formula is C23H25N3O3. The van der Waals surface area contributed by atoms with E-state index >= 15 is 0 Å². The number of carbonyl (C=O) groups is 1. The third kappa shape index (κ3) is 4.16. The highest BCUT2D eigenvalue weighted by Crippen LogP contribution is 2.39. The van der Waals surface area contributed by atoms with Crippen molar-refractivity contribution in [3.63, 3.8) is 0 Å². The Balaban J connectivity index is 1.50. The van der Waals surface area contributed by atoms with E-state index in [4.69, 9.17) is 0 Å². The lowest BCUT2D eigenvalue weighted by molar-refractivity contribution is -0.384. The van der Waals surface area contributed by atoms with Gasteiger partial charge in [0.15, 0.2) is 0 Å². The lowest BCUT2D eigenvalue weighted by Gasteiger charge is -2.20. The van der Waals surface area contributed by atoms with Gasteiger partial charge in [0.2, 0.25) is 0 Å². The number of hydrogen-bond donors (Lipinski definition) is 1. The Morgan fingerprint density at radius 3 is 2.76 bits per heavy atom. The van der Waals surface area contributed by atoms with E-state index in [2.05, 4.69) is 11.4 Å². The van der Waals surface area contributed by atoms with Crippen LogP contribution in [-0.4, -0.2) is 23.9 Å². The van der Waals surface area contributed by atoms with Crippen LogP contribution in [0.25, 0.3) is 0 Å². The fourth-order valence-corrected chi connectivity index (χ4v) is 4.20. The van der Waals surface area contributed by atoms with Crippen LogP contribution in [0.15, 0.2) is 54.1 Å². The van der Waals surface area contributed by atoms with Gasteiger partial charge >= 0.3 is 0 Å². The first-order valence-corrected chi connectivity index (χ1v) is 10.2. The molecule has 0 spiro atoms. The molecule has 0 radical (unpaired) electrons. The first-order valence-electron chi connectivity index (χ1n) is 10.2. The molecular weight excluding hydrogens is 366 g/mol. The smallest absolute Gasteiger partial charge is 0.293 e. The van der Waals surface area contributed by atoms with Crippen molar-refractivity contribution in [3.8, 4) is 0 Å². The van der Waals surface area contributed by atoms with Gasteiger partial charge in [-0.1, -0.05) is 29.8 Å². The number of allylic oxidation sites excluding steroid dienone is 1. The Morgan fingerprint density at radius 1 is 1.10 bits per heavy atom. The molecule has 2 aromatic carbocycles. The van der Waals surface area contributed by atoms with E-state index in [0.29, 0.717) is 24.3 Å². The van der Waals surface area contributed by atoms with Crippen LogP contribution in [0.4, 0.5) is 17.1 Å². The van der Waals surface area contributed by atoms with Gasteiger partial charge in [0.25, 0.3) is 11.6 Å². The summed E-state index contributed by atoms with van der Waals surface area (Å²) in [6.45, 7) is 1.25. The molecule has 2 aromatic rings. The molecule has 29 heavy (non-hydrogen) atoms. The lowest BCUT2D eigenvalue weighted by atomic mass is 9.97. The Morgan fingerprint density at radius 2 is 1.97 bits per heavy atom. The summed E-state index contributed by atoms with van der Waals surface area (Å²) in [5.41, 5.74) is 4.39. The molecule has 6 heteroatoms. The molecule has 4 rings (SSSR count). The zero-order valence-electron chi connectivity index (χ0n) is 16.4. The van der Waals surface area contributed by atoms with Gasteiger partial charge in [-0.25, -0.2) is 0 Å². The maximum atomic E-state index is 12.5. The number of nitro groups is 1. The number of hydrogen-bond acceptors (Lipinski definition) is 4. The molecule has 0 bridgehead atoms. The van der Waals surface area contributed by atoms with Gasteiger partial charge in [-0.05, 0) is 62.3 Å². The minimum absolute atomic E-state index is 0.0376. The SMILES string of the molecule is O=C(NCCC1=CCCCC1)c1ccc(N2CCc3ccccc32)c([N+](=O)[O-])c1. The third-order valence-corrected chi connectivity index (χ3v) is 5.73. The molecule has 0 saturated carbocycles. The summed E-state index contributed by atoms with van der Waals surface area (Å²) >= 11 is 0. The van der Waals surface area contributed by atoms with Crippen LogP contribution >= 0.6 is 0 Å². The zero-order valence-corrected chi connectivity index (χ0v) is 16.4. The Hall–Kier alpha value is -3.15. The summed E-state index contributed by atoms with van der Waals surface area (Å²) in [5, 5.41) is 14.6. The summed E-state index contributed by atoms with van der Waals surface area (Å²) in [6.07, 6.45) is 8.65. The number of para-hydroxylation sites is 1. The summed E-state index contributed by atoms with van der Waals surface area (Å²) < 4.78 is 0. The van der Waals surface area contributed by atoms with E-state index < -0.39 is 4.92 Å².